The Morgan fingerprint density at radius 2 is 2.07 bits per heavy atom. The molecule has 0 bridgehead atoms. The Morgan fingerprint density at radius 1 is 1.53 bits per heavy atom. The van der Waals surface area contributed by atoms with Crippen LogP contribution in [0.2, 0.25) is 0 Å². The van der Waals surface area contributed by atoms with Gasteiger partial charge in [0.15, 0.2) is 5.41 Å². The number of hydrogen-bond acceptors (Lipinski definition) is 3. The number of carbonyl (C=O) groups excluding carboxylic acids is 1. The standard InChI is InChI=1S/C11H14FNO2/c1-7(2)5-8-10(3,4)11(8,6-13)9(14)15-12/h5,8H,1-4H3. The maximum absolute atomic E-state index is 11.9. The summed E-state index contributed by atoms with van der Waals surface area (Å²) in [6, 6.07) is 1.89. The van der Waals surface area contributed by atoms with E-state index in [2.05, 4.69) is 4.94 Å². The first-order valence-electron chi connectivity index (χ1n) is 4.74. The Bertz CT molecular complexity index is 363. The Labute approximate surface area is 88.4 Å². The van der Waals surface area contributed by atoms with Crippen molar-refractivity contribution >= 4 is 5.97 Å². The van der Waals surface area contributed by atoms with E-state index in [4.69, 9.17) is 5.26 Å². The molecule has 0 spiro atoms. The molecule has 1 fully saturated rings. The molecular weight excluding hydrogens is 197 g/mol. The summed E-state index contributed by atoms with van der Waals surface area (Å²) < 4.78 is 11.9. The first kappa shape index (κ1) is 11.7. The van der Waals surface area contributed by atoms with Crippen molar-refractivity contribution in [3.8, 4) is 6.07 Å². The molecule has 3 nitrogen and oxygen atoms in total. The van der Waals surface area contributed by atoms with Crippen LogP contribution >= 0.6 is 0 Å². The fraction of sp³-hybridized carbons (Fsp3) is 0.636. The van der Waals surface area contributed by atoms with Gasteiger partial charge in [0.25, 0.3) is 0 Å². The van der Waals surface area contributed by atoms with Gasteiger partial charge in [-0.05, 0) is 13.8 Å². The average molecular weight is 211 g/mol. The van der Waals surface area contributed by atoms with Crippen LogP contribution in [0.1, 0.15) is 27.7 Å². The highest BCUT2D eigenvalue weighted by atomic mass is 19.3. The molecule has 0 aromatic heterocycles. The highest BCUT2D eigenvalue weighted by Crippen LogP contribution is 2.70. The summed E-state index contributed by atoms with van der Waals surface area (Å²) in [5, 5.41) is 9.03. The minimum Gasteiger partial charge on any atom is -0.253 e. The maximum Gasteiger partial charge on any atom is 0.370 e. The van der Waals surface area contributed by atoms with Crippen molar-refractivity contribution in [1.82, 2.24) is 0 Å². The topological polar surface area (TPSA) is 50.1 Å². The molecule has 82 valence electrons. The molecule has 1 rings (SSSR count). The molecule has 2 atom stereocenters. The zero-order valence-corrected chi connectivity index (χ0v) is 9.30. The van der Waals surface area contributed by atoms with Crippen LogP contribution in [0.4, 0.5) is 4.53 Å². The van der Waals surface area contributed by atoms with Gasteiger partial charge in [0.1, 0.15) is 0 Å². The maximum atomic E-state index is 11.9. The Morgan fingerprint density at radius 3 is 2.40 bits per heavy atom. The molecule has 1 saturated carbocycles. The number of nitrogens with zero attached hydrogens (tertiary/aromatic N) is 1. The second-order valence-corrected chi connectivity index (χ2v) is 4.73. The molecular formula is C11H14FNO2. The Hall–Kier alpha value is -1.37. The van der Waals surface area contributed by atoms with Gasteiger partial charge in [0.2, 0.25) is 0 Å². The van der Waals surface area contributed by atoms with Crippen LogP contribution < -0.4 is 0 Å². The zero-order valence-electron chi connectivity index (χ0n) is 9.30. The third-order valence-electron chi connectivity index (χ3n) is 3.25. The third-order valence-corrected chi connectivity index (χ3v) is 3.25. The predicted octanol–water partition coefficient (Wildman–Crippen LogP) is 2.55. The van der Waals surface area contributed by atoms with E-state index in [1.165, 1.54) is 0 Å². The van der Waals surface area contributed by atoms with Crippen molar-refractivity contribution in [1.29, 1.82) is 5.26 Å². The number of carbonyl (C=O) groups is 1. The fourth-order valence-electron chi connectivity index (χ4n) is 2.18. The van der Waals surface area contributed by atoms with E-state index in [1.54, 1.807) is 13.8 Å². The van der Waals surface area contributed by atoms with Gasteiger partial charge in [-0.1, -0.05) is 25.5 Å². The predicted molar refractivity (Wildman–Crippen MR) is 51.9 cm³/mol. The Balaban J connectivity index is 3.11. The molecule has 0 heterocycles. The summed E-state index contributed by atoms with van der Waals surface area (Å²) in [6.45, 7) is 7.27. The van der Waals surface area contributed by atoms with Gasteiger partial charge in [0, 0.05) is 15.9 Å². The lowest BCUT2D eigenvalue weighted by molar-refractivity contribution is -0.190. The highest BCUT2D eigenvalue weighted by Gasteiger charge is 2.77. The second kappa shape index (κ2) is 3.34. The van der Waals surface area contributed by atoms with Crippen LogP contribution in [0.15, 0.2) is 11.6 Å². The third kappa shape index (κ3) is 1.34. The molecule has 0 aromatic carbocycles. The van der Waals surface area contributed by atoms with Crippen LogP contribution in [0.5, 0.6) is 0 Å². The van der Waals surface area contributed by atoms with Gasteiger partial charge in [-0.2, -0.15) is 5.26 Å². The monoisotopic (exact) mass is 211 g/mol. The van der Waals surface area contributed by atoms with Gasteiger partial charge in [-0.3, -0.25) is 4.94 Å². The highest BCUT2D eigenvalue weighted by molar-refractivity contribution is 5.86. The SMILES string of the molecule is CC(C)=CC1C(C)(C)C1(C#N)C(=O)OF. The molecule has 1 aliphatic carbocycles. The number of rotatable bonds is 2. The number of nitriles is 1. The second-order valence-electron chi connectivity index (χ2n) is 4.73. The van der Waals surface area contributed by atoms with E-state index in [0.29, 0.717) is 0 Å². The molecule has 0 radical (unpaired) electrons. The normalized spacial score (nSPS) is 31.3. The van der Waals surface area contributed by atoms with E-state index >= 15 is 0 Å². The quantitative estimate of drug-likeness (QED) is 0.659. The van der Waals surface area contributed by atoms with Crippen LogP contribution in [-0.4, -0.2) is 5.97 Å². The Kier molecular flexibility index (Phi) is 2.60. The fourth-order valence-corrected chi connectivity index (χ4v) is 2.18. The largest absolute Gasteiger partial charge is 0.370 e. The summed E-state index contributed by atoms with van der Waals surface area (Å²) in [4.78, 5) is 14.5. The van der Waals surface area contributed by atoms with Crippen molar-refractivity contribution in [3.63, 3.8) is 0 Å². The number of hydrogen-bond donors (Lipinski definition) is 0. The van der Waals surface area contributed by atoms with Gasteiger partial charge in [-0.15, -0.1) is 0 Å². The molecule has 2 unspecified atom stereocenters. The van der Waals surface area contributed by atoms with E-state index in [1.807, 2.05) is 26.0 Å². The van der Waals surface area contributed by atoms with Gasteiger partial charge >= 0.3 is 5.97 Å². The van der Waals surface area contributed by atoms with Crippen LogP contribution in [0.25, 0.3) is 0 Å². The summed E-state index contributed by atoms with van der Waals surface area (Å²) >= 11 is 0. The van der Waals surface area contributed by atoms with Crippen LogP contribution in [0, 0.1) is 28.1 Å². The smallest absolute Gasteiger partial charge is 0.253 e. The van der Waals surface area contributed by atoms with Crippen molar-refractivity contribution in [2.45, 2.75) is 27.7 Å². The minimum absolute atomic E-state index is 0.275. The molecule has 0 aliphatic heterocycles. The first-order valence-corrected chi connectivity index (χ1v) is 4.74. The molecule has 0 N–H and O–H groups in total. The zero-order chi connectivity index (χ0) is 11.9. The molecule has 15 heavy (non-hydrogen) atoms. The first-order chi connectivity index (χ1) is 6.84. The van der Waals surface area contributed by atoms with Crippen molar-refractivity contribution in [2.24, 2.45) is 16.7 Å². The summed E-state index contributed by atoms with van der Waals surface area (Å²) in [5.74, 6) is -1.36. The molecule has 4 heteroatoms. The van der Waals surface area contributed by atoms with E-state index in [9.17, 15) is 9.32 Å². The lowest BCUT2D eigenvalue weighted by atomic mass is 9.98. The van der Waals surface area contributed by atoms with Gasteiger partial charge in [0.05, 0.1) is 6.07 Å². The summed E-state index contributed by atoms with van der Waals surface area (Å²) in [6.07, 6.45) is 1.82. The molecule has 0 aromatic rings. The minimum atomic E-state index is -1.36. The van der Waals surface area contributed by atoms with E-state index < -0.39 is 16.8 Å². The molecule has 0 saturated heterocycles. The average Bonchev–Trinajstić information content (AvgIpc) is 2.62. The summed E-state index contributed by atoms with van der Waals surface area (Å²) in [5.41, 5.74) is -0.932. The van der Waals surface area contributed by atoms with Crippen LogP contribution in [-0.2, 0) is 9.74 Å². The number of halogens is 1. The van der Waals surface area contributed by atoms with Gasteiger partial charge < -0.3 is 0 Å². The number of allylic oxidation sites excluding steroid dienone is 2. The van der Waals surface area contributed by atoms with E-state index in [0.717, 1.165) is 5.57 Å². The van der Waals surface area contributed by atoms with Crippen molar-refractivity contribution in [3.05, 3.63) is 11.6 Å². The molecule has 1 aliphatic rings. The lowest BCUT2D eigenvalue weighted by Gasteiger charge is -2.04. The van der Waals surface area contributed by atoms with Gasteiger partial charge in [-0.25, -0.2) is 4.79 Å². The summed E-state index contributed by atoms with van der Waals surface area (Å²) in [7, 11) is 0. The van der Waals surface area contributed by atoms with Crippen molar-refractivity contribution in [2.75, 3.05) is 0 Å². The van der Waals surface area contributed by atoms with Crippen molar-refractivity contribution < 1.29 is 14.3 Å². The van der Waals surface area contributed by atoms with Crippen LogP contribution in [0.3, 0.4) is 0 Å². The molecule has 0 amide bonds. The van der Waals surface area contributed by atoms with E-state index in [-0.39, 0.29) is 5.92 Å². The lowest BCUT2D eigenvalue weighted by Crippen LogP contribution is -2.20.